The van der Waals surface area contributed by atoms with Gasteiger partial charge in [0.25, 0.3) is 5.91 Å². The third-order valence-corrected chi connectivity index (χ3v) is 5.02. The highest BCUT2D eigenvalue weighted by molar-refractivity contribution is 6.17. The summed E-state index contributed by atoms with van der Waals surface area (Å²) in [7, 11) is 1.68. The number of methoxy groups -OCH3 is 1. The summed E-state index contributed by atoms with van der Waals surface area (Å²) in [6.07, 6.45) is 2.00. The summed E-state index contributed by atoms with van der Waals surface area (Å²) in [5.74, 6) is -0.486. The maximum Gasteiger partial charge on any atom is 0.256 e. The SMILES string of the molecule is COCCn1ccc2cc(NC(=O)c3ccccc3C(=O)c3ccccc3)ccc21. The van der Waals surface area contributed by atoms with Crippen molar-refractivity contribution in [3.05, 3.63) is 102 Å². The van der Waals surface area contributed by atoms with Crippen LogP contribution in [-0.2, 0) is 11.3 Å². The van der Waals surface area contributed by atoms with Crippen LogP contribution in [0.1, 0.15) is 26.3 Å². The molecular weight excluding hydrogens is 376 g/mol. The molecule has 3 aromatic carbocycles. The quantitative estimate of drug-likeness (QED) is 0.456. The Morgan fingerprint density at radius 2 is 1.63 bits per heavy atom. The number of ketones is 1. The van der Waals surface area contributed by atoms with Gasteiger partial charge >= 0.3 is 0 Å². The number of hydrogen-bond acceptors (Lipinski definition) is 3. The zero-order valence-electron chi connectivity index (χ0n) is 16.7. The largest absolute Gasteiger partial charge is 0.383 e. The van der Waals surface area contributed by atoms with Crippen molar-refractivity contribution in [2.75, 3.05) is 19.0 Å². The van der Waals surface area contributed by atoms with Crippen molar-refractivity contribution in [1.29, 1.82) is 0 Å². The van der Waals surface area contributed by atoms with Crippen LogP contribution in [0.4, 0.5) is 5.69 Å². The second-order valence-corrected chi connectivity index (χ2v) is 6.97. The van der Waals surface area contributed by atoms with Crippen molar-refractivity contribution in [1.82, 2.24) is 4.57 Å². The van der Waals surface area contributed by atoms with Gasteiger partial charge in [0.1, 0.15) is 0 Å². The number of hydrogen-bond donors (Lipinski definition) is 1. The molecule has 1 N–H and O–H groups in total. The molecule has 0 fully saturated rings. The number of nitrogens with zero attached hydrogens (tertiary/aromatic N) is 1. The van der Waals surface area contributed by atoms with E-state index in [4.69, 9.17) is 4.74 Å². The lowest BCUT2D eigenvalue weighted by Gasteiger charge is -2.10. The van der Waals surface area contributed by atoms with E-state index in [2.05, 4.69) is 9.88 Å². The van der Waals surface area contributed by atoms with Crippen LogP contribution < -0.4 is 5.32 Å². The van der Waals surface area contributed by atoms with Crippen molar-refractivity contribution in [2.24, 2.45) is 0 Å². The Kier molecular flexibility index (Phi) is 5.72. The Bertz CT molecular complexity index is 1200. The Morgan fingerprint density at radius 3 is 2.40 bits per heavy atom. The van der Waals surface area contributed by atoms with E-state index in [0.29, 0.717) is 29.0 Å². The molecule has 4 rings (SSSR count). The van der Waals surface area contributed by atoms with E-state index < -0.39 is 0 Å². The Morgan fingerprint density at radius 1 is 0.900 bits per heavy atom. The maximum absolute atomic E-state index is 13.0. The van der Waals surface area contributed by atoms with Gasteiger partial charge < -0.3 is 14.6 Å². The maximum atomic E-state index is 13.0. The minimum absolute atomic E-state index is 0.174. The van der Waals surface area contributed by atoms with Gasteiger partial charge in [-0.15, -0.1) is 0 Å². The third-order valence-electron chi connectivity index (χ3n) is 5.02. The fraction of sp³-hybridized carbons (Fsp3) is 0.120. The molecule has 0 saturated heterocycles. The average molecular weight is 398 g/mol. The van der Waals surface area contributed by atoms with E-state index in [1.807, 2.05) is 48.7 Å². The number of benzene rings is 3. The topological polar surface area (TPSA) is 60.3 Å². The highest BCUT2D eigenvalue weighted by Gasteiger charge is 2.18. The zero-order valence-corrected chi connectivity index (χ0v) is 16.7. The molecule has 150 valence electrons. The molecule has 0 aliphatic rings. The van der Waals surface area contributed by atoms with Gasteiger partial charge in [0.05, 0.1) is 12.2 Å². The fourth-order valence-electron chi connectivity index (χ4n) is 3.49. The highest BCUT2D eigenvalue weighted by Crippen LogP contribution is 2.22. The summed E-state index contributed by atoms with van der Waals surface area (Å²) < 4.78 is 7.26. The van der Waals surface area contributed by atoms with Gasteiger partial charge in [0.2, 0.25) is 0 Å². The minimum atomic E-state index is -0.312. The number of carbonyl (C=O) groups excluding carboxylic acids is 2. The van der Waals surface area contributed by atoms with Crippen LogP contribution in [0.5, 0.6) is 0 Å². The zero-order chi connectivity index (χ0) is 20.9. The molecular formula is C25H22N2O3. The number of aromatic nitrogens is 1. The first-order valence-corrected chi connectivity index (χ1v) is 9.75. The molecule has 0 atom stereocenters. The molecule has 0 saturated carbocycles. The van der Waals surface area contributed by atoms with Crippen molar-refractivity contribution >= 4 is 28.3 Å². The second-order valence-electron chi connectivity index (χ2n) is 6.97. The molecule has 1 amide bonds. The monoisotopic (exact) mass is 398 g/mol. The first-order valence-electron chi connectivity index (χ1n) is 9.75. The molecule has 0 aliphatic carbocycles. The van der Waals surface area contributed by atoms with E-state index in [9.17, 15) is 9.59 Å². The van der Waals surface area contributed by atoms with Crippen molar-refractivity contribution in [3.63, 3.8) is 0 Å². The molecule has 1 heterocycles. The number of rotatable bonds is 7. The summed E-state index contributed by atoms with van der Waals surface area (Å²) >= 11 is 0. The van der Waals surface area contributed by atoms with Crippen LogP contribution >= 0.6 is 0 Å². The number of fused-ring (bicyclic) bond motifs is 1. The average Bonchev–Trinajstić information content (AvgIpc) is 3.20. The number of nitrogens with one attached hydrogen (secondary N) is 1. The number of anilines is 1. The van der Waals surface area contributed by atoms with E-state index in [0.717, 1.165) is 17.4 Å². The first kappa shape index (κ1) is 19.6. The smallest absolute Gasteiger partial charge is 0.256 e. The van der Waals surface area contributed by atoms with Gasteiger partial charge in [0, 0.05) is 47.6 Å². The number of amides is 1. The Labute approximate surface area is 174 Å². The number of carbonyl (C=O) groups is 2. The standard InChI is InChI=1S/C25H22N2O3/c1-30-16-15-27-14-13-19-17-20(11-12-23(19)27)26-25(29)22-10-6-5-9-21(22)24(28)18-7-3-2-4-8-18/h2-14,17H,15-16H2,1H3,(H,26,29). The fourth-order valence-corrected chi connectivity index (χ4v) is 3.49. The minimum Gasteiger partial charge on any atom is -0.383 e. The molecule has 0 unspecified atom stereocenters. The normalized spacial score (nSPS) is 10.8. The van der Waals surface area contributed by atoms with Gasteiger partial charge in [0.15, 0.2) is 5.78 Å². The van der Waals surface area contributed by atoms with Gasteiger partial charge in [-0.25, -0.2) is 0 Å². The third kappa shape index (κ3) is 4.02. The molecule has 0 radical (unpaired) electrons. The van der Waals surface area contributed by atoms with E-state index >= 15 is 0 Å². The van der Waals surface area contributed by atoms with Crippen molar-refractivity contribution in [2.45, 2.75) is 6.54 Å². The molecule has 0 bridgehead atoms. The van der Waals surface area contributed by atoms with E-state index in [1.165, 1.54) is 0 Å². The number of ether oxygens (including phenoxy) is 1. The molecule has 0 spiro atoms. The molecule has 5 nitrogen and oxygen atoms in total. The molecule has 5 heteroatoms. The summed E-state index contributed by atoms with van der Waals surface area (Å²) in [5.41, 5.74) is 3.04. The lowest BCUT2D eigenvalue weighted by molar-refractivity contribution is 0.0996. The Hall–Kier alpha value is -3.70. The van der Waals surface area contributed by atoms with Crippen LogP contribution in [0.25, 0.3) is 10.9 Å². The lowest BCUT2D eigenvalue weighted by atomic mass is 9.98. The van der Waals surface area contributed by atoms with Gasteiger partial charge in [-0.1, -0.05) is 48.5 Å². The van der Waals surface area contributed by atoms with Crippen LogP contribution in [0.3, 0.4) is 0 Å². The summed E-state index contributed by atoms with van der Waals surface area (Å²) in [6.45, 7) is 1.40. The predicted octanol–water partition coefficient (Wildman–Crippen LogP) is 4.77. The summed E-state index contributed by atoms with van der Waals surface area (Å²) in [5, 5.41) is 3.95. The summed E-state index contributed by atoms with van der Waals surface area (Å²) in [6, 6.07) is 23.6. The Balaban J connectivity index is 1.58. The molecule has 4 aromatic rings. The van der Waals surface area contributed by atoms with Crippen LogP contribution in [0, 0.1) is 0 Å². The molecule has 30 heavy (non-hydrogen) atoms. The van der Waals surface area contributed by atoms with Gasteiger partial charge in [-0.3, -0.25) is 9.59 Å². The van der Waals surface area contributed by atoms with Crippen molar-refractivity contribution in [3.8, 4) is 0 Å². The first-order chi connectivity index (χ1) is 14.7. The van der Waals surface area contributed by atoms with Gasteiger partial charge in [-0.2, -0.15) is 0 Å². The van der Waals surface area contributed by atoms with Gasteiger partial charge in [-0.05, 0) is 30.3 Å². The van der Waals surface area contributed by atoms with Crippen LogP contribution in [0.15, 0.2) is 85.1 Å². The molecule has 0 aliphatic heterocycles. The highest BCUT2D eigenvalue weighted by atomic mass is 16.5. The van der Waals surface area contributed by atoms with E-state index in [1.54, 1.807) is 43.5 Å². The predicted molar refractivity (Wildman–Crippen MR) is 118 cm³/mol. The van der Waals surface area contributed by atoms with Crippen molar-refractivity contribution < 1.29 is 14.3 Å². The second kappa shape index (κ2) is 8.76. The lowest BCUT2D eigenvalue weighted by Crippen LogP contribution is -2.17. The van der Waals surface area contributed by atoms with Crippen LogP contribution in [0.2, 0.25) is 0 Å². The summed E-state index contributed by atoms with van der Waals surface area (Å²) in [4.78, 5) is 25.9. The molecule has 1 aromatic heterocycles. The van der Waals surface area contributed by atoms with Crippen LogP contribution in [-0.4, -0.2) is 30.0 Å². The van der Waals surface area contributed by atoms with E-state index in [-0.39, 0.29) is 11.7 Å².